The molecule has 13 heteroatoms. The zero-order valence-corrected chi connectivity index (χ0v) is 24.8. The summed E-state index contributed by atoms with van der Waals surface area (Å²) in [7, 11) is -0.972. The minimum Gasteiger partial charge on any atom is -0.455 e. The molecule has 6 rings (SSSR count). The molecule has 1 N–H and O–H groups in total. The first-order valence-corrected chi connectivity index (χ1v) is 15.3. The predicted molar refractivity (Wildman–Crippen MR) is 163 cm³/mol. The van der Waals surface area contributed by atoms with E-state index >= 15 is 0 Å². The van der Waals surface area contributed by atoms with E-state index < -0.39 is 33.5 Å². The highest BCUT2D eigenvalue weighted by molar-refractivity contribution is 7.92. The van der Waals surface area contributed by atoms with Crippen LogP contribution < -0.4 is 9.62 Å². The lowest BCUT2D eigenvalue weighted by molar-refractivity contribution is -0.137. The number of carbonyl (C=O) groups is 1. The number of fused-ring (bicyclic) bond motifs is 2. The largest absolute Gasteiger partial charge is 0.455 e. The number of rotatable bonds is 6. The van der Waals surface area contributed by atoms with Gasteiger partial charge in [0.15, 0.2) is 0 Å². The van der Waals surface area contributed by atoms with Gasteiger partial charge in [-0.25, -0.2) is 17.8 Å². The van der Waals surface area contributed by atoms with Crippen LogP contribution in [0.4, 0.5) is 23.2 Å². The van der Waals surface area contributed by atoms with Crippen molar-refractivity contribution >= 4 is 43.6 Å². The first-order valence-electron chi connectivity index (χ1n) is 13.4. The van der Waals surface area contributed by atoms with Gasteiger partial charge in [-0.1, -0.05) is 12.1 Å². The molecule has 0 saturated heterocycles. The molecule has 230 valence electrons. The third-order valence-electron chi connectivity index (χ3n) is 7.51. The Morgan fingerprint density at radius 1 is 0.978 bits per heavy atom. The molecule has 8 nitrogen and oxygen atoms in total. The van der Waals surface area contributed by atoms with E-state index in [4.69, 9.17) is 4.42 Å². The smallest absolute Gasteiger partial charge is 0.416 e. The van der Waals surface area contributed by atoms with Gasteiger partial charge in [-0.05, 0) is 66.2 Å². The second-order valence-corrected chi connectivity index (χ2v) is 12.4. The number of carbonyl (C=O) groups excluding carboxylic acids is 1. The minimum atomic E-state index is -4.54. The Morgan fingerprint density at radius 3 is 2.36 bits per heavy atom. The second-order valence-electron chi connectivity index (χ2n) is 10.4. The number of benzene rings is 4. The van der Waals surface area contributed by atoms with Gasteiger partial charge >= 0.3 is 6.18 Å². The molecule has 0 unspecified atom stereocenters. The molecule has 0 aliphatic heterocycles. The van der Waals surface area contributed by atoms with E-state index in [1.54, 1.807) is 24.3 Å². The molecule has 0 aliphatic rings. The van der Waals surface area contributed by atoms with Crippen LogP contribution in [0.3, 0.4) is 0 Å². The van der Waals surface area contributed by atoms with E-state index in [0.717, 1.165) is 22.7 Å². The number of amides is 1. The van der Waals surface area contributed by atoms with Gasteiger partial charge < -0.3 is 9.73 Å². The van der Waals surface area contributed by atoms with Gasteiger partial charge in [0.05, 0.1) is 34.1 Å². The summed E-state index contributed by atoms with van der Waals surface area (Å²) in [4.78, 5) is 17.5. The molecule has 0 atom stereocenters. The van der Waals surface area contributed by atoms with Crippen molar-refractivity contribution in [2.45, 2.75) is 6.18 Å². The van der Waals surface area contributed by atoms with Crippen molar-refractivity contribution in [3.8, 4) is 28.1 Å². The first-order chi connectivity index (χ1) is 21.3. The topological polar surface area (TPSA) is 97.4 Å². The van der Waals surface area contributed by atoms with Gasteiger partial charge in [0.1, 0.15) is 23.5 Å². The highest BCUT2D eigenvalue weighted by Crippen LogP contribution is 2.42. The van der Waals surface area contributed by atoms with Crippen LogP contribution in [0.25, 0.3) is 50.1 Å². The number of sulfonamides is 1. The molecule has 0 bridgehead atoms. The number of hydrogen-bond acceptors (Lipinski definition) is 5. The van der Waals surface area contributed by atoms with Crippen LogP contribution in [0.2, 0.25) is 0 Å². The number of aromatic nitrogens is 2. The minimum absolute atomic E-state index is 0.156. The molecule has 45 heavy (non-hydrogen) atoms. The summed E-state index contributed by atoms with van der Waals surface area (Å²) < 4.78 is 88.3. The van der Waals surface area contributed by atoms with Crippen LogP contribution in [0, 0.1) is 5.82 Å². The van der Waals surface area contributed by atoms with Crippen molar-refractivity contribution in [3.05, 3.63) is 102 Å². The van der Waals surface area contributed by atoms with Crippen LogP contribution in [0.5, 0.6) is 0 Å². The number of nitrogens with one attached hydrogen (secondary N) is 1. The molecule has 2 aromatic heterocycles. The van der Waals surface area contributed by atoms with Crippen molar-refractivity contribution in [1.82, 2.24) is 14.9 Å². The second kappa shape index (κ2) is 10.8. The van der Waals surface area contributed by atoms with Crippen molar-refractivity contribution in [1.29, 1.82) is 0 Å². The Bertz CT molecular complexity index is 2220. The fourth-order valence-electron chi connectivity index (χ4n) is 5.17. The molecule has 2 heterocycles. The Kier molecular flexibility index (Phi) is 7.15. The molecule has 0 saturated carbocycles. The van der Waals surface area contributed by atoms with Crippen molar-refractivity contribution in [2.24, 2.45) is 0 Å². The maximum absolute atomic E-state index is 13.7. The number of halogens is 4. The van der Waals surface area contributed by atoms with Gasteiger partial charge in [-0.15, -0.1) is 0 Å². The first kappa shape index (κ1) is 29.9. The summed E-state index contributed by atoms with van der Waals surface area (Å²) in [5, 5.41) is 2.95. The standard InChI is InChI=1S/C32H24F4N4O4S/c1-37-31(41)29-24-15-23(26(39(2)45(3,42)43)16-28(24)44-30(29)18-7-10-21(33)11-8-18)19-9-12-25-27(13-19)40(17-38-25)22-6-4-5-20(14-22)32(34,35)36/h4-17H,1-3H3,(H,37,41). The summed E-state index contributed by atoms with van der Waals surface area (Å²) in [6.45, 7) is 0. The predicted octanol–water partition coefficient (Wildman–Crippen LogP) is 7.02. The summed E-state index contributed by atoms with van der Waals surface area (Å²) in [6.07, 6.45) is -2.10. The van der Waals surface area contributed by atoms with Crippen LogP contribution in [0.15, 0.2) is 89.6 Å². The summed E-state index contributed by atoms with van der Waals surface area (Å²) in [6, 6.07) is 18.4. The maximum Gasteiger partial charge on any atom is 0.416 e. The van der Waals surface area contributed by atoms with Gasteiger partial charge in [-0.2, -0.15) is 13.2 Å². The normalized spacial score (nSPS) is 12.2. The highest BCUT2D eigenvalue weighted by atomic mass is 32.2. The lowest BCUT2D eigenvalue weighted by Gasteiger charge is -2.21. The van der Waals surface area contributed by atoms with Crippen LogP contribution in [0.1, 0.15) is 15.9 Å². The molecule has 6 aromatic rings. The zero-order chi connectivity index (χ0) is 32.3. The van der Waals surface area contributed by atoms with Crippen molar-refractivity contribution in [2.75, 3.05) is 24.7 Å². The number of furan rings is 1. The lowest BCUT2D eigenvalue weighted by atomic mass is 9.98. The maximum atomic E-state index is 13.7. The van der Waals surface area contributed by atoms with E-state index in [1.807, 2.05) is 0 Å². The van der Waals surface area contributed by atoms with E-state index in [9.17, 15) is 30.8 Å². The third-order valence-corrected chi connectivity index (χ3v) is 8.71. The molecule has 0 fully saturated rings. The number of anilines is 1. The van der Waals surface area contributed by atoms with Gasteiger partial charge in [-0.3, -0.25) is 13.7 Å². The quantitative estimate of drug-likeness (QED) is 0.198. The van der Waals surface area contributed by atoms with Crippen LogP contribution >= 0.6 is 0 Å². The molecule has 0 spiro atoms. The molecule has 0 radical (unpaired) electrons. The molecule has 4 aromatic carbocycles. The van der Waals surface area contributed by atoms with E-state index in [0.29, 0.717) is 33.1 Å². The molecular formula is C32H24F4N4O4S. The number of hydrogen-bond donors (Lipinski definition) is 1. The fraction of sp³-hybridized carbons (Fsp3) is 0.125. The summed E-state index contributed by atoms with van der Waals surface area (Å²) in [5.74, 6) is -0.802. The number of nitrogens with zero attached hydrogens (tertiary/aromatic N) is 3. The van der Waals surface area contributed by atoms with Crippen LogP contribution in [-0.4, -0.2) is 44.2 Å². The monoisotopic (exact) mass is 636 g/mol. The number of alkyl halides is 3. The Morgan fingerprint density at radius 2 is 1.69 bits per heavy atom. The lowest BCUT2D eigenvalue weighted by Crippen LogP contribution is -2.25. The zero-order valence-electron chi connectivity index (χ0n) is 24.0. The Labute approximate surface area is 254 Å². The average molecular weight is 637 g/mol. The highest BCUT2D eigenvalue weighted by Gasteiger charge is 2.31. The van der Waals surface area contributed by atoms with E-state index in [1.165, 1.54) is 67.5 Å². The third kappa shape index (κ3) is 5.39. The summed E-state index contributed by atoms with van der Waals surface area (Å²) >= 11 is 0. The van der Waals surface area contributed by atoms with Crippen LogP contribution in [-0.2, 0) is 16.2 Å². The van der Waals surface area contributed by atoms with Gasteiger partial charge in [0.2, 0.25) is 10.0 Å². The SMILES string of the molecule is CNC(=O)c1c(-c2ccc(F)cc2)oc2cc(N(C)S(C)(=O)=O)c(-c3ccc4ncn(-c5cccc(C(F)(F)F)c5)c4c3)cc12. The Hall–Kier alpha value is -5.17. The molecular weight excluding hydrogens is 612 g/mol. The van der Waals surface area contributed by atoms with Gasteiger partial charge in [0, 0.05) is 42.4 Å². The Balaban J connectivity index is 1.62. The number of imidazole rings is 1. The van der Waals surface area contributed by atoms with Crippen molar-refractivity contribution < 1.29 is 35.2 Å². The average Bonchev–Trinajstić information content (AvgIpc) is 3.60. The van der Waals surface area contributed by atoms with E-state index in [2.05, 4.69) is 10.3 Å². The molecule has 0 aliphatic carbocycles. The van der Waals surface area contributed by atoms with E-state index in [-0.39, 0.29) is 28.3 Å². The molecule has 1 amide bonds. The fourth-order valence-corrected chi connectivity index (χ4v) is 5.68. The van der Waals surface area contributed by atoms with Gasteiger partial charge in [0.25, 0.3) is 5.91 Å². The van der Waals surface area contributed by atoms with Crippen molar-refractivity contribution in [3.63, 3.8) is 0 Å². The summed E-state index contributed by atoms with van der Waals surface area (Å²) in [5.41, 5.74) is 2.26.